The van der Waals surface area contributed by atoms with Crippen LogP contribution in [0.25, 0.3) is 0 Å². The highest BCUT2D eigenvalue weighted by atomic mass is 35.5. The van der Waals surface area contributed by atoms with Gasteiger partial charge in [-0.1, -0.05) is 29.3 Å². The van der Waals surface area contributed by atoms with E-state index in [0.717, 1.165) is 5.56 Å². The molecule has 0 aromatic heterocycles. The van der Waals surface area contributed by atoms with Gasteiger partial charge in [0.2, 0.25) is 5.91 Å². The summed E-state index contributed by atoms with van der Waals surface area (Å²) in [7, 11) is 1.83. The summed E-state index contributed by atoms with van der Waals surface area (Å²) in [6, 6.07) is 5.42. The Morgan fingerprint density at radius 2 is 1.95 bits per heavy atom. The average Bonchev–Trinajstić information content (AvgIpc) is 2.29. The summed E-state index contributed by atoms with van der Waals surface area (Å²) >= 11 is 12.0. The second kappa shape index (κ2) is 8.73. The predicted octanol–water partition coefficient (Wildman–Crippen LogP) is 3.46. The molecule has 0 unspecified atom stereocenters. The van der Waals surface area contributed by atoms with Gasteiger partial charge in [0.15, 0.2) is 0 Å². The first-order valence-corrected chi connectivity index (χ1v) is 6.99. The summed E-state index contributed by atoms with van der Waals surface area (Å²) in [5.74, 6) is 0.0319. The first-order chi connectivity index (χ1) is 8.84. The third kappa shape index (κ3) is 6.80. The molecule has 0 aliphatic carbocycles. The van der Waals surface area contributed by atoms with E-state index in [0.29, 0.717) is 29.4 Å². The van der Waals surface area contributed by atoms with Crippen molar-refractivity contribution in [1.29, 1.82) is 0 Å². The first-order valence-electron chi connectivity index (χ1n) is 6.23. The van der Waals surface area contributed by atoms with Gasteiger partial charge in [-0.15, -0.1) is 12.4 Å². The van der Waals surface area contributed by atoms with Crippen molar-refractivity contribution >= 4 is 41.5 Å². The summed E-state index contributed by atoms with van der Waals surface area (Å²) in [5.41, 5.74) is 0.632. The van der Waals surface area contributed by atoms with Gasteiger partial charge < -0.3 is 10.6 Å². The molecule has 0 spiro atoms. The molecule has 0 saturated heterocycles. The second-order valence-corrected chi connectivity index (χ2v) is 6.04. The molecule has 1 aromatic rings. The smallest absolute Gasteiger partial charge is 0.221 e. The van der Waals surface area contributed by atoms with Crippen LogP contribution < -0.4 is 10.6 Å². The predicted molar refractivity (Wildman–Crippen MR) is 88.2 cm³/mol. The molecule has 1 aromatic carbocycles. The average molecular weight is 340 g/mol. The standard InChI is InChI=1S/C14H20Cl2N2O.ClH/c1-14(2,18-13(19)6-7-17-3)9-10-4-5-11(15)8-12(10)16;/h4-5,8,17H,6-7,9H2,1-3H3,(H,18,19);1H. The highest BCUT2D eigenvalue weighted by Crippen LogP contribution is 2.24. The molecule has 0 aliphatic rings. The Labute approximate surface area is 136 Å². The minimum Gasteiger partial charge on any atom is -0.351 e. The van der Waals surface area contributed by atoms with Gasteiger partial charge in [-0.25, -0.2) is 0 Å². The van der Waals surface area contributed by atoms with Crippen LogP contribution in [0.4, 0.5) is 0 Å². The van der Waals surface area contributed by atoms with Gasteiger partial charge in [0.1, 0.15) is 0 Å². The summed E-state index contributed by atoms with van der Waals surface area (Å²) in [5, 5.41) is 7.21. The molecule has 2 N–H and O–H groups in total. The molecule has 20 heavy (non-hydrogen) atoms. The van der Waals surface area contributed by atoms with E-state index in [9.17, 15) is 4.79 Å². The number of benzene rings is 1. The molecular weight excluding hydrogens is 319 g/mol. The van der Waals surface area contributed by atoms with Crippen LogP contribution in [-0.2, 0) is 11.2 Å². The zero-order chi connectivity index (χ0) is 14.5. The van der Waals surface area contributed by atoms with Crippen LogP contribution in [0.15, 0.2) is 18.2 Å². The molecule has 0 bridgehead atoms. The molecule has 0 heterocycles. The van der Waals surface area contributed by atoms with Crippen LogP contribution in [-0.4, -0.2) is 25.0 Å². The largest absolute Gasteiger partial charge is 0.351 e. The van der Waals surface area contributed by atoms with Crippen LogP contribution in [0, 0.1) is 0 Å². The summed E-state index contributed by atoms with van der Waals surface area (Å²) in [6.45, 7) is 4.63. The minimum atomic E-state index is -0.345. The Bertz CT molecular complexity index is 450. The third-order valence-corrected chi connectivity index (χ3v) is 3.31. The lowest BCUT2D eigenvalue weighted by atomic mass is 9.94. The van der Waals surface area contributed by atoms with Crippen molar-refractivity contribution in [1.82, 2.24) is 10.6 Å². The number of nitrogens with one attached hydrogen (secondary N) is 2. The number of carbonyl (C=O) groups excluding carboxylic acids is 1. The van der Waals surface area contributed by atoms with Gasteiger partial charge >= 0.3 is 0 Å². The van der Waals surface area contributed by atoms with Gasteiger partial charge in [-0.3, -0.25) is 4.79 Å². The molecule has 0 radical (unpaired) electrons. The number of carbonyl (C=O) groups is 1. The van der Waals surface area contributed by atoms with Crippen molar-refractivity contribution < 1.29 is 4.79 Å². The minimum absolute atomic E-state index is 0. The summed E-state index contributed by atoms with van der Waals surface area (Å²) < 4.78 is 0. The second-order valence-electron chi connectivity index (χ2n) is 5.20. The van der Waals surface area contributed by atoms with E-state index < -0.39 is 0 Å². The van der Waals surface area contributed by atoms with Crippen LogP contribution in [0.5, 0.6) is 0 Å². The molecule has 0 atom stereocenters. The quantitative estimate of drug-likeness (QED) is 0.833. The van der Waals surface area contributed by atoms with Crippen LogP contribution in [0.2, 0.25) is 10.0 Å². The maximum atomic E-state index is 11.7. The van der Waals surface area contributed by atoms with Crippen LogP contribution in [0.3, 0.4) is 0 Å². The molecule has 114 valence electrons. The molecule has 1 amide bonds. The van der Waals surface area contributed by atoms with Crippen molar-refractivity contribution in [3.63, 3.8) is 0 Å². The lowest BCUT2D eigenvalue weighted by molar-refractivity contribution is -0.122. The van der Waals surface area contributed by atoms with Crippen molar-refractivity contribution in [2.45, 2.75) is 32.2 Å². The van der Waals surface area contributed by atoms with Crippen LogP contribution >= 0.6 is 35.6 Å². The number of halogens is 3. The fraction of sp³-hybridized carbons (Fsp3) is 0.500. The van der Waals surface area contributed by atoms with E-state index in [-0.39, 0.29) is 23.9 Å². The molecule has 3 nitrogen and oxygen atoms in total. The fourth-order valence-corrected chi connectivity index (χ4v) is 2.34. The van der Waals surface area contributed by atoms with Crippen LogP contribution in [0.1, 0.15) is 25.8 Å². The number of hydrogen-bond acceptors (Lipinski definition) is 2. The van der Waals surface area contributed by atoms with E-state index >= 15 is 0 Å². The maximum Gasteiger partial charge on any atom is 0.221 e. The molecule has 1 rings (SSSR count). The number of rotatable bonds is 6. The third-order valence-electron chi connectivity index (χ3n) is 2.73. The summed E-state index contributed by atoms with van der Waals surface area (Å²) in [4.78, 5) is 11.7. The van der Waals surface area contributed by atoms with Gasteiger partial charge in [0.25, 0.3) is 0 Å². The van der Waals surface area contributed by atoms with Gasteiger partial charge in [0, 0.05) is 28.5 Å². The highest BCUT2D eigenvalue weighted by Gasteiger charge is 2.21. The Balaban J connectivity index is 0.00000361. The highest BCUT2D eigenvalue weighted by molar-refractivity contribution is 6.35. The lowest BCUT2D eigenvalue weighted by Crippen LogP contribution is -2.45. The van der Waals surface area contributed by atoms with Crippen molar-refractivity contribution in [2.24, 2.45) is 0 Å². The zero-order valence-corrected chi connectivity index (χ0v) is 14.3. The van der Waals surface area contributed by atoms with Crippen molar-refractivity contribution in [2.75, 3.05) is 13.6 Å². The Kier molecular flexibility index (Phi) is 8.52. The monoisotopic (exact) mass is 338 g/mol. The Morgan fingerprint density at radius 3 is 2.50 bits per heavy atom. The van der Waals surface area contributed by atoms with Gasteiger partial charge in [-0.05, 0) is 45.0 Å². The topological polar surface area (TPSA) is 41.1 Å². The number of hydrogen-bond donors (Lipinski definition) is 2. The maximum absolute atomic E-state index is 11.7. The van der Waals surface area contributed by atoms with Crippen molar-refractivity contribution in [3.05, 3.63) is 33.8 Å². The Hall–Kier alpha value is -0.480. The van der Waals surface area contributed by atoms with Gasteiger partial charge in [-0.2, -0.15) is 0 Å². The zero-order valence-electron chi connectivity index (χ0n) is 11.9. The number of amides is 1. The van der Waals surface area contributed by atoms with E-state index in [4.69, 9.17) is 23.2 Å². The van der Waals surface area contributed by atoms with Crippen molar-refractivity contribution in [3.8, 4) is 0 Å². The first kappa shape index (κ1) is 19.5. The molecule has 0 saturated carbocycles. The normalized spacial score (nSPS) is 10.8. The van der Waals surface area contributed by atoms with E-state index in [1.54, 1.807) is 6.07 Å². The van der Waals surface area contributed by atoms with E-state index in [1.807, 2.05) is 33.0 Å². The van der Waals surface area contributed by atoms with E-state index in [1.165, 1.54) is 0 Å². The lowest BCUT2D eigenvalue weighted by Gasteiger charge is -2.27. The molecule has 6 heteroatoms. The Morgan fingerprint density at radius 1 is 1.30 bits per heavy atom. The van der Waals surface area contributed by atoms with Gasteiger partial charge in [0.05, 0.1) is 0 Å². The molecular formula is C14H21Cl3N2O. The van der Waals surface area contributed by atoms with E-state index in [2.05, 4.69) is 10.6 Å². The molecule has 0 fully saturated rings. The fourth-order valence-electron chi connectivity index (χ4n) is 1.86. The SMILES string of the molecule is CNCCC(=O)NC(C)(C)Cc1ccc(Cl)cc1Cl.Cl. The summed E-state index contributed by atoms with van der Waals surface area (Å²) in [6.07, 6.45) is 1.13. The molecule has 0 aliphatic heterocycles.